The van der Waals surface area contributed by atoms with E-state index >= 15 is 0 Å². The van der Waals surface area contributed by atoms with Crippen molar-refractivity contribution < 1.29 is 15.0 Å². The molecule has 2 atom stereocenters. The number of aliphatic hydroxyl groups excluding tert-OH is 2. The second-order valence-corrected chi connectivity index (χ2v) is 4.36. The van der Waals surface area contributed by atoms with Gasteiger partial charge in [0.2, 0.25) is 5.91 Å². The summed E-state index contributed by atoms with van der Waals surface area (Å²) in [4.78, 5) is 24.7. The van der Waals surface area contributed by atoms with Crippen LogP contribution < -0.4 is 11.3 Å². The first-order valence-corrected chi connectivity index (χ1v) is 5.57. The zero-order chi connectivity index (χ0) is 13.3. The first-order chi connectivity index (χ1) is 8.47. The van der Waals surface area contributed by atoms with E-state index in [4.69, 9.17) is 5.73 Å². The van der Waals surface area contributed by atoms with E-state index in [2.05, 4.69) is 0 Å². The molecule has 0 saturated carbocycles. The number of carbonyl (C=O) groups excluding carboxylic acids is 1. The summed E-state index contributed by atoms with van der Waals surface area (Å²) < 4.78 is 1.20. The van der Waals surface area contributed by atoms with Gasteiger partial charge in [0.1, 0.15) is 6.54 Å². The molecule has 2 heterocycles. The quantitative estimate of drug-likeness (QED) is 0.564. The molecule has 1 amide bonds. The third kappa shape index (κ3) is 2.52. The number of nitrogens with zero attached hydrogens (tertiary/aromatic N) is 2. The van der Waals surface area contributed by atoms with Gasteiger partial charge in [-0.05, 0) is 6.07 Å². The SMILES string of the molecule is Nc1ccc(=O)n(CC(=O)N2C[C@@H](O)[C@@H](O)C2)c1. The molecule has 0 aliphatic carbocycles. The van der Waals surface area contributed by atoms with E-state index in [1.54, 1.807) is 0 Å². The predicted molar refractivity (Wildman–Crippen MR) is 63.7 cm³/mol. The summed E-state index contributed by atoms with van der Waals surface area (Å²) >= 11 is 0. The Balaban J connectivity index is 2.08. The number of nitrogens with two attached hydrogens (primary N) is 1. The topological polar surface area (TPSA) is 109 Å². The Hall–Kier alpha value is -1.86. The number of hydrogen-bond acceptors (Lipinski definition) is 5. The molecule has 2 rings (SSSR count). The Bertz CT molecular complexity index is 503. The molecular weight excluding hydrogens is 238 g/mol. The maximum Gasteiger partial charge on any atom is 0.251 e. The van der Waals surface area contributed by atoms with Gasteiger partial charge in [0.25, 0.3) is 5.56 Å². The predicted octanol–water partition coefficient (Wildman–Crippen LogP) is -2.01. The number of aromatic nitrogens is 1. The van der Waals surface area contributed by atoms with Crippen LogP contribution in [0, 0.1) is 0 Å². The van der Waals surface area contributed by atoms with Gasteiger partial charge in [-0.1, -0.05) is 0 Å². The molecule has 1 fully saturated rings. The minimum atomic E-state index is -0.925. The lowest BCUT2D eigenvalue weighted by molar-refractivity contribution is -0.131. The molecule has 18 heavy (non-hydrogen) atoms. The summed E-state index contributed by atoms with van der Waals surface area (Å²) in [5, 5.41) is 18.7. The van der Waals surface area contributed by atoms with Gasteiger partial charge >= 0.3 is 0 Å². The van der Waals surface area contributed by atoms with Crippen LogP contribution in [0.4, 0.5) is 5.69 Å². The first kappa shape index (κ1) is 12.6. The van der Waals surface area contributed by atoms with Crippen LogP contribution in [0.2, 0.25) is 0 Å². The molecule has 1 aliphatic rings. The van der Waals surface area contributed by atoms with Gasteiger partial charge in [0, 0.05) is 31.0 Å². The highest BCUT2D eigenvalue weighted by atomic mass is 16.3. The van der Waals surface area contributed by atoms with Crippen molar-refractivity contribution in [2.45, 2.75) is 18.8 Å². The fourth-order valence-electron chi connectivity index (χ4n) is 1.89. The van der Waals surface area contributed by atoms with Crippen LogP contribution in [-0.4, -0.2) is 50.9 Å². The lowest BCUT2D eigenvalue weighted by Crippen LogP contribution is -2.35. The van der Waals surface area contributed by atoms with Gasteiger partial charge in [-0.15, -0.1) is 0 Å². The van der Waals surface area contributed by atoms with Crippen LogP contribution in [0.3, 0.4) is 0 Å². The van der Waals surface area contributed by atoms with Gasteiger partial charge in [0.15, 0.2) is 0 Å². The lowest BCUT2D eigenvalue weighted by atomic mass is 10.3. The molecule has 1 aliphatic heterocycles. The largest absolute Gasteiger partial charge is 0.398 e. The highest BCUT2D eigenvalue weighted by Crippen LogP contribution is 2.10. The third-order valence-corrected chi connectivity index (χ3v) is 2.92. The van der Waals surface area contributed by atoms with E-state index in [0.29, 0.717) is 5.69 Å². The highest BCUT2D eigenvalue weighted by molar-refractivity contribution is 5.76. The molecule has 98 valence electrons. The molecule has 4 N–H and O–H groups in total. The number of carbonyl (C=O) groups is 1. The average Bonchev–Trinajstić information content (AvgIpc) is 2.64. The number of aliphatic hydroxyl groups is 2. The number of rotatable bonds is 2. The van der Waals surface area contributed by atoms with Crippen LogP contribution >= 0.6 is 0 Å². The standard InChI is InChI=1S/C11H15N3O4/c12-7-1-2-10(17)13(3-7)6-11(18)14-4-8(15)9(16)5-14/h1-3,8-9,15-16H,4-6,12H2/t8-,9+. The summed E-state index contributed by atoms with van der Waals surface area (Å²) in [5.74, 6) is -0.335. The average molecular weight is 253 g/mol. The molecule has 7 nitrogen and oxygen atoms in total. The van der Waals surface area contributed by atoms with E-state index < -0.39 is 12.2 Å². The number of anilines is 1. The monoisotopic (exact) mass is 253 g/mol. The van der Waals surface area contributed by atoms with Crippen LogP contribution in [-0.2, 0) is 11.3 Å². The lowest BCUT2D eigenvalue weighted by Gasteiger charge is -2.16. The Labute approximate surface area is 103 Å². The van der Waals surface area contributed by atoms with E-state index in [1.807, 2.05) is 0 Å². The van der Waals surface area contributed by atoms with Crippen LogP contribution in [0.15, 0.2) is 23.1 Å². The summed E-state index contributed by atoms with van der Waals surface area (Å²) in [6.45, 7) is 0.0114. The number of nitrogen functional groups attached to an aromatic ring is 1. The Morgan fingerprint density at radius 3 is 2.56 bits per heavy atom. The third-order valence-electron chi connectivity index (χ3n) is 2.92. The molecule has 1 saturated heterocycles. The van der Waals surface area contributed by atoms with Crippen molar-refractivity contribution in [2.24, 2.45) is 0 Å². The van der Waals surface area contributed by atoms with Crippen molar-refractivity contribution in [3.8, 4) is 0 Å². The molecule has 0 radical (unpaired) electrons. The summed E-state index contributed by atoms with van der Waals surface area (Å²) in [7, 11) is 0. The van der Waals surface area contributed by atoms with E-state index in [-0.39, 0.29) is 31.1 Å². The molecule has 0 unspecified atom stereocenters. The van der Waals surface area contributed by atoms with Crippen LogP contribution in [0.5, 0.6) is 0 Å². The van der Waals surface area contributed by atoms with Crippen molar-refractivity contribution in [3.05, 3.63) is 28.7 Å². The summed E-state index contributed by atoms with van der Waals surface area (Å²) in [5.41, 5.74) is 5.61. The normalized spacial score (nSPS) is 23.3. The molecule has 1 aromatic heterocycles. The van der Waals surface area contributed by atoms with Crippen molar-refractivity contribution >= 4 is 11.6 Å². The maximum atomic E-state index is 11.9. The van der Waals surface area contributed by atoms with Gasteiger partial charge in [-0.25, -0.2) is 0 Å². The van der Waals surface area contributed by atoms with E-state index in [9.17, 15) is 19.8 Å². The highest BCUT2D eigenvalue weighted by Gasteiger charge is 2.32. The Kier molecular flexibility index (Phi) is 3.35. The van der Waals surface area contributed by atoms with Crippen molar-refractivity contribution in [3.63, 3.8) is 0 Å². The Morgan fingerprint density at radius 2 is 1.94 bits per heavy atom. The molecule has 1 aromatic rings. The molecule has 0 aromatic carbocycles. The minimum Gasteiger partial charge on any atom is -0.398 e. The minimum absolute atomic E-state index is 0.0804. The molecule has 7 heteroatoms. The number of pyridine rings is 1. The van der Waals surface area contributed by atoms with Gasteiger partial charge in [0.05, 0.1) is 12.2 Å². The fourth-order valence-corrected chi connectivity index (χ4v) is 1.89. The zero-order valence-corrected chi connectivity index (χ0v) is 9.69. The zero-order valence-electron chi connectivity index (χ0n) is 9.69. The smallest absolute Gasteiger partial charge is 0.251 e. The van der Waals surface area contributed by atoms with Crippen molar-refractivity contribution in [1.29, 1.82) is 0 Å². The molecular formula is C11H15N3O4. The van der Waals surface area contributed by atoms with Gasteiger partial charge < -0.3 is 25.4 Å². The fraction of sp³-hybridized carbons (Fsp3) is 0.455. The first-order valence-electron chi connectivity index (χ1n) is 5.57. The number of likely N-dealkylation sites (tertiary alicyclic amines) is 1. The van der Waals surface area contributed by atoms with Crippen molar-refractivity contribution in [2.75, 3.05) is 18.8 Å². The Morgan fingerprint density at radius 1 is 1.33 bits per heavy atom. The van der Waals surface area contributed by atoms with Gasteiger partial charge in [-0.3, -0.25) is 9.59 Å². The number of β-amino-alcohol motifs (C(OH)–C–C–N with tert-alkyl or cyclic N) is 2. The van der Waals surface area contributed by atoms with Crippen LogP contribution in [0.25, 0.3) is 0 Å². The van der Waals surface area contributed by atoms with E-state index in [1.165, 1.54) is 27.8 Å². The molecule has 0 spiro atoms. The summed E-state index contributed by atoms with van der Waals surface area (Å²) in [6.07, 6.45) is -0.457. The van der Waals surface area contributed by atoms with Gasteiger partial charge in [-0.2, -0.15) is 0 Å². The number of hydrogen-bond donors (Lipinski definition) is 3. The van der Waals surface area contributed by atoms with Crippen molar-refractivity contribution in [1.82, 2.24) is 9.47 Å². The second-order valence-electron chi connectivity index (χ2n) is 4.36. The molecule has 0 bridgehead atoms. The summed E-state index contributed by atoms with van der Waals surface area (Å²) in [6, 6.07) is 2.75. The van der Waals surface area contributed by atoms with Crippen LogP contribution in [0.1, 0.15) is 0 Å². The maximum absolute atomic E-state index is 11.9. The number of amides is 1. The second kappa shape index (κ2) is 4.79. The van der Waals surface area contributed by atoms with E-state index in [0.717, 1.165) is 0 Å².